The van der Waals surface area contributed by atoms with Crippen molar-refractivity contribution in [3.8, 4) is 22.6 Å². The van der Waals surface area contributed by atoms with Gasteiger partial charge in [0.25, 0.3) is 0 Å². The van der Waals surface area contributed by atoms with Crippen LogP contribution in [0.1, 0.15) is 43.9 Å². The lowest BCUT2D eigenvalue weighted by Gasteiger charge is -2.18. The maximum absolute atomic E-state index is 12.4. The molecule has 0 atom stereocenters. The van der Waals surface area contributed by atoms with E-state index >= 15 is 0 Å². The van der Waals surface area contributed by atoms with E-state index in [-0.39, 0.29) is 12.3 Å². The topological polar surface area (TPSA) is 109 Å². The molecule has 9 nitrogen and oxygen atoms in total. The average Bonchev–Trinajstić information content (AvgIpc) is 3.36. The maximum atomic E-state index is 12.4. The molecule has 0 bridgehead atoms. The van der Waals surface area contributed by atoms with Crippen molar-refractivity contribution >= 4 is 23.2 Å². The highest BCUT2D eigenvalue weighted by Gasteiger charge is 2.20. The molecule has 0 N–H and O–H groups in total. The van der Waals surface area contributed by atoms with Crippen molar-refractivity contribution in [2.24, 2.45) is 0 Å². The highest BCUT2D eigenvalue weighted by atomic mass is 16.6. The fourth-order valence-corrected chi connectivity index (χ4v) is 3.24. The van der Waals surface area contributed by atoms with Gasteiger partial charge in [0, 0.05) is 23.5 Å². The molecule has 0 saturated heterocycles. The van der Waals surface area contributed by atoms with E-state index in [9.17, 15) is 9.59 Å². The van der Waals surface area contributed by atoms with E-state index in [0.29, 0.717) is 28.2 Å². The molecule has 4 aromatic rings. The number of nitrogens with zero attached hydrogens (tertiary/aromatic N) is 4. The number of carbonyl (C=O) groups excluding carboxylic acids is 2. The molecule has 0 aliphatic carbocycles. The fraction of sp³-hybridized carbons (Fsp3) is 0.292. The molecule has 0 saturated carbocycles. The first-order valence-corrected chi connectivity index (χ1v) is 10.5. The van der Waals surface area contributed by atoms with Crippen LogP contribution in [0.5, 0.6) is 0 Å². The Kier molecular flexibility index (Phi) is 5.71. The van der Waals surface area contributed by atoms with E-state index in [1.54, 1.807) is 52.1 Å². The lowest BCUT2D eigenvalue weighted by molar-refractivity contribution is 0.0506. The molecule has 33 heavy (non-hydrogen) atoms. The molecule has 0 unspecified atom stereocenters. The number of carbonyl (C=O) groups is 2. The summed E-state index contributed by atoms with van der Waals surface area (Å²) in [5.74, 6) is -0.147. The molecule has 3 aromatic heterocycles. The number of ether oxygens (including phenoxy) is 2. The van der Waals surface area contributed by atoms with Gasteiger partial charge in [-0.25, -0.2) is 19.6 Å². The van der Waals surface area contributed by atoms with Gasteiger partial charge in [0.05, 0.1) is 12.3 Å². The molecule has 0 spiro atoms. The summed E-state index contributed by atoms with van der Waals surface area (Å²) in [6.45, 7) is 9.23. The summed E-state index contributed by atoms with van der Waals surface area (Å²) in [7, 11) is 0. The standard InChI is InChI=1S/C24H24N4O5/c1-6-31-22(29)19-12-16(9-10-25-19)21-26-18-11-15(7-8-20(18)32-21)17-13-28(27-14(17)2)23(30)33-24(3,4)5/h7-13H,6H2,1-5H3. The summed E-state index contributed by atoms with van der Waals surface area (Å²) in [4.78, 5) is 33.0. The summed E-state index contributed by atoms with van der Waals surface area (Å²) in [6.07, 6.45) is 2.60. The van der Waals surface area contributed by atoms with Gasteiger partial charge < -0.3 is 13.9 Å². The lowest BCUT2D eigenvalue weighted by Crippen LogP contribution is -2.27. The third-order valence-electron chi connectivity index (χ3n) is 4.67. The van der Waals surface area contributed by atoms with Gasteiger partial charge >= 0.3 is 12.1 Å². The van der Waals surface area contributed by atoms with E-state index < -0.39 is 17.7 Å². The zero-order valence-electron chi connectivity index (χ0n) is 19.1. The SMILES string of the molecule is CCOC(=O)c1cc(-c2nc3cc(-c4cn(C(=O)OC(C)(C)C)nc4C)ccc3o2)ccn1. The van der Waals surface area contributed by atoms with Crippen LogP contribution in [0.2, 0.25) is 0 Å². The summed E-state index contributed by atoms with van der Waals surface area (Å²) < 4.78 is 17.5. The Morgan fingerprint density at radius 3 is 2.64 bits per heavy atom. The predicted octanol–water partition coefficient (Wildman–Crippen LogP) is 5.02. The largest absolute Gasteiger partial charge is 0.461 e. The summed E-state index contributed by atoms with van der Waals surface area (Å²) in [5, 5.41) is 4.29. The minimum Gasteiger partial charge on any atom is -0.461 e. The zero-order valence-corrected chi connectivity index (χ0v) is 19.1. The van der Waals surface area contributed by atoms with Crippen LogP contribution in [0, 0.1) is 6.92 Å². The number of esters is 1. The zero-order chi connectivity index (χ0) is 23.8. The van der Waals surface area contributed by atoms with Crippen LogP contribution in [0.25, 0.3) is 33.7 Å². The highest BCUT2D eigenvalue weighted by molar-refractivity contribution is 5.89. The Morgan fingerprint density at radius 1 is 1.12 bits per heavy atom. The van der Waals surface area contributed by atoms with E-state index in [1.807, 2.05) is 19.1 Å². The number of hydrogen-bond acceptors (Lipinski definition) is 8. The fourth-order valence-electron chi connectivity index (χ4n) is 3.24. The number of benzene rings is 1. The van der Waals surface area contributed by atoms with E-state index in [0.717, 1.165) is 11.1 Å². The number of oxazole rings is 1. The van der Waals surface area contributed by atoms with Crippen molar-refractivity contribution in [1.29, 1.82) is 0 Å². The third kappa shape index (κ3) is 4.77. The first-order valence-electron chi connectivity index (χ1n) is 10.5. The van der Waals surface area contributed by atoms with Crippen LogP contribution < -0.4 is 0 Å². The van der Waals surface area contributed by atoms with Crippen LogP contribution in [0.15, 0.2) is 47.1 Å². The average molecular weight is 448 g/mol. The highest BCUT2D eigenvalue weighted by Crippen LogP contribution is 2.30. The van der Waals surface area contributed by atoms with Crippen LogP contribution >= 0.6 is 0 Å². The molecule has 9 heteroatoms. The minimum absolute atomic E-state index is 0.183. The van der Waals surface area contributed by atoms with E-state index in [1.165, 1.54) is 10.9 Å². The van der Waals surface area contributed by atoms with Crippen LogP contribution in [-0.4, -0.2) is 44.0 Å². The van der Waals surface area contributed by atoms with Gasteiger partial charge in [0.15, 0.2) is 5.58 Å². The molecule has 0 amide bonds. The first-order chi connectivity index (χ1) is 15.6. The number of aromatic nitrogens is 4. The molecule has 0 radical (unpaired) electrons. The van der Waals surface area contributed by atoms with E-state index in [2.05, 4.69) is 15.1 Å². The molecular formula is C24H24N4O5. The normalized spacial score (nSPS) is 11.5. The van der Waals surface area contributed by atoms with Crippen LogP contribution in [-0.2, 0) is 9.47 Å². The number of pyridine rings is 1. The predicted molar refractivity (Wildman–Crippen MR) is 121 cm³/mol. The summed E-state index contributed by atoms with van der Waals surface area (Å²) >= 11 is 0. The second kappa shape index (κ2) is 8.50. The molecule has 170 valence electrons. The Balaban J connectivity index is 1.65. The summed E-state index contributed by atoms with van der Waals surface area (Å²) in [6, 6.07) is 8.83. The van der Waals surface area contributed by atoms with Crippen molar-refractivity contribution in [1.82, 2.24) is 19.7 Å². The molecule has 0 aliphatic heterocycles. The maximum Gasteiger partial charge on any atom is 0.435 e. The monoisotopic (exact) mass is 448 g/mol. The van der Waals surface area contributed by atoms with Crippen LogP contribution in [0.4, 0.5) is 4.79 Å². The first kappa shape index (κ1) is 22.2. The van der Waals surface area contributed by atoms with Crippen molar-refractivity contribution in [3.63, 3.8) is 0 Å². The number of hydrogen-bond donors (Lipinski definition) is 0. The minimum atomic E-state index is -0.618. The Labute approximate surface area is 190 Å². The summed E-state index contributed by atoms with van der Waals surface area (Å²) in [5.41, 5.74) is 3.67. The third-order valence-corrected chi connectivity index (χ3v) is 4.67. The van der Waals surface area contributed by atoms with Crippen LogP contribution in [0.3, 0.4) is 0 Å². The van der Waals surface area contributed by atoms with Crippen molar-refractivity contribution in [2.45, 2.75) is 40.2 Å². The molecule has 0 aliphatic rings. The van der Waals surface area contributed by atoms with Gasteiger partial charge in [-0.05, 0) is 64.4 Å². The Morgan fingerprint density at radius 2 is 1.91 bits per heavy atom. The number of aryl methyl sites for hydroxylation is 1. The van der Waals surface area contributed by atoms with Crippen molar-refractivity contribution in [2.75, 3.05) is 6.61 Å². The molecule has 4 rings (SSSR count). The molecule has 3 heterocycles. The second-order valence-electron chi connectivity index (χ2n) is 8.40. The smallest absolute Gasteiger partial charge is 0.435 e. The second-order valence-corrected chi connectivity index (χ2v) is 8.40. The van der Waals surface area contributed by atoms with Crippen molar-refractivity contribution < 1.29 is 23.5 Å². The van der Waals surface area contributed by atoms with Gasteiger partial charge in [-0.1, -0.05) is 6.07 Å². The Bertz CT molecular complexity index is 1350. The van der Waals surface area contributed by atoms with Gasteiger partial charge in [-0.15, -0.1) is 0 Å². The number of fused-ring (bicyclic) bond motifs is 1. The molecule has 1 aromatic carbocycles. The van der Waals surface area contributed by atoms with Gasteiger partial charge in [0.2, 0.25) is 5.89 Å². The Hall–Kier alpha value is -4.01. The molecular weight excluding hydrogens is 424 g/mol. The number of rotatable bonds is 4. The van der Waals surface area contributed by atoms with Crippen molar-refractivity contribution in [3.05, 3.63) is 54.1 Å². The van der Waals surface area contributed by atoms with Gasteiger partial charge in [-0.2, -0.15) is 9.78 Å². The quantitative estimate of drug-likeness (QED) is 0.400. The van der Waals surface area contributed by atoms with Gasteiger partial charge in [-0.3, -0.25) is 0 Å². The van der Waals surface area contributed by atoms with Gasteiger partial charge in [0.1, 0.15) is 16.8 Å². The molecule has 0 fully saturated rings. The van der Waals surface area contributed by atoms with E-state index in [4.69, 9.17) is 13.9 Å². The lowest BCUT2D eigenvalue weighted by atomic mass is 10.1.